The monoisotopic (exact) mass is 284 g/mol. The number of rotatable bonds is 2. The maximum absolute atomic E-state index is 5.78. The lowest BCUT2D eigenvalue weighted by Crippen LogP contribution is -1.84. The minimum atomic E-state index is 0.343. The van der Waals surface area contributed by atoms with Gasteiger partial charge in [0.1, 0.15) is 10.3 Å². The van der Waals surface area contributed by atoms with Gasteiger partial charge in [0.25, 0.3) is 0 Å². The zero-order valence-corrected chi connectivity index (χ0v) is 10.8. The number of aromatic nitrogens is 1. The minimum Gasteiger partial charge on any atom is -0.256 e. The van der Waals surface area contributed by atoms with E-state index < -0.39 is 0 Å². The van der Waals surface area contributed by atoms with Crippen molar-refractivity contribution in [1.29, 1.82) is 0 Å². The van der Waals surface area contributed by atoms with Crippen LogP contribution in [0.4, 0.5) is 5.69 Å². The van der Waals surface area contributed by atoms with Crippen LogP contribution in [0.2, 0.25) is 15.3 Å². The predicted octanol–water partition coefficient (Wildman–Crippen LogP) is 4.79. The lowest BCUT2D eigenvalue weighted by molar-refractivity contribution is 1.32. The van der Waals surface area contributed by atoms with Crippen molar-refractivity contribution in [2.45, 2.75) is 0 Å². The molecule has 0 aliphatic heterocycles. The fourth-order valence-electron chi connectivity index (χ4n) is 1.23. The van der Waals surface area contributed by atoms with E-state index in [1.54, 1.807) is 30.5 Å². The van der Waals surface area contributed by atoms with Gasteiger partial charge in [-0.1, -0.05) is 34.8 Å². The predicted molar refractivity (Wildman–Crippen MR) is 73.0 cm³/mol. The fraction of sp³-hybridized carbons (Fsp3) is 0. The Morgan fingerprint density at radius 2 is 1.53 bits per heavy atom. The summed E-state index contributed by atoms with van der Waals surface area (Å²) in [5.74, 6) is 0. The van der Waals surface area contributed by atoms with Gasteiger partial charge < -0.3 is 0 Å². The summed E-state index contributed by atoms with van der Waals surface area (Å²) in [4.78, 5) is 8.12. The Bertz CT molecular complexity index is 530. The number of benzene rings is 1. The molecule has 0 radical (unpaired) electrons. The molecular formula is C12H7Cl3N2. The highest BCUT2D eigenvalue weighted by Crippen LogP contribution is 2.17. The van der Waals surface area contributed by atoms with Crippen molar-refractivity contribution >= 4 is 46.7 Å². The molecule has 0 unspecified atom stereocenters. The van der Waals surface area contributed by atoms with Gasteiger partial charge in [-0.3, -0.25) is 4.99 Å². The first-order valence-corrected chi connectivity index (χ1v) is 5.89. The molecule has 2 aromatic rings. The zero-order chi connectivity index (χ0) is 12.3. The van der Waals surface area contributed by atoms with Gasteiger partial charge in [0, 0.05) is 11.2 Å². The SMILES string of the molecule is Clc1ccc(N=Cc2cc(Cl)nc(Cl)c2)cc1. The second-order valence-corrected chi connectivity index (χ2v) is 4.49. The summed E-state index contributed by atoms with van der Waals surface area (Å²) in [5, 5.41) is 1.36. The van der Waals surface area contributed by atoms with Crippen LogP contribution in [0.15, 0.2) is 41.4 Å². The molecule has 2 rings (SSSR count). The third-order valence-electron chi connectivity index (χ3n) is 1.97. The molecule has 0 saturated carbocycles. The first-order chi connectivity index (χ1) is 8.13. The van der Waals surface area contributed by atoms with Crippen LogP contribution in [0.25, 0.3) is 0 Å². The first kappa shape index (κ1) is 12.4. The van der Waals surface area contributed by atoms with Gasteiger partial charge in [0.15, 0.2) is 0 Å². The van der Waals surface area contributed by atoms with Gasteiger partial charge >= 0.3 is 0 Å². The second kappa shape index (κ2) is 5.50. The van der Waals surface area contributed by atoms with Gasteiger partial charge in [-0.25, -0.2) is 4.98 Å². The van der Waals surface area contributed by atoms with Gasteiger partial charge in [0.2, 0.25) is 0 Å². The quantitative estimate of drug-likeness (QED) is 0.575. The molecule has 1 heterocycles. The van der Waals surface area contributed by atoms with Crippen LogP contribution < -0.4 is 0 Å². The third kappa shape index (κ3) is 3.70. The highest BCUT2D eigenvalue weighted by Gasteiger charge is 1.97. The number of halogens is 3. The van der Waals surface area contributed by atoms with E-state index in [2.05, 4.69) is 9.98 Å². The van der Waals surface area contributed by atoms with E-state index in [0.29, 0.717) is 15.3 Å². The molecule has 0 N–H and O–H groups in total. The average Bonchev–Trinajstić information content (AvgIpc) is 2.27. The van der Waals surface area contributed by atoms with E-state index in [0.717, 1.165) is 11.3 Å². The molecule has 1 aromatic heterocycles. The van der Waals surface area contributed by atoms with Crippen LogP contribution in [0.1, 0.15) is 5.56 Å². The fourth-order valence-corrected chi connectivity index (χ4v) is 1.84. The summed E-state index contributed by atoms with van der Waals surface area (Å²) in [6.07, 6.45) is 1.67. The van der Waals surface area contributed by atoms with E-state index in [1.165, 1.54) is 0 Å². The molecule has 5 heteroatoms. The van der Waals surface area contributed by atoms with Crippen LogP contribution in [-0.4, -0.2) is 11.2 Å². The number of nitrogens with zero attached hydrogens (tertiary/aromatic N) is 2. The second-order valence-electron chi connectivity index (χ2n) is 3.28. The van der Waals surface area contributed by atoms with Crippen molar-refractivity contribution in [3.63, 3.8) is 0 Å². The normalized spacial score (nSPS) is 11.0. The van der Waals surface area contributed by atoms with E-state index in [-0.39, 0.29) is 0 Å². The standard InChI is InChI=1S/C12H7Cl3N2/c13-9-1-3-10(4-2-9)16-7-8-5-11(14)17-12(15)6-8/h1-7H. The highest BCUT2D eigenvalue weighted by atomic mass is 35.5. The molecule has 0 fully saturated rings. The number of pyridine rings is 1. The van der Waals surface area contributed by atoms with Crippen molar-refractivity contribution in [3.8, 4) is 0 Å². The van der Waals surface area contributed by atoms with Crippen molar-refractivity contribution in [2.75, 3.05) is 0 Å². The van der Waals surface area contributed by atoms with E-state index in [4.69, 9.17) is 34.8 Å². The molecule has 0 aliphatic carbocycles. The number of aliphatic imine (C=N–C) groups is 1. The maximum atomic E-state index is 5.78. The van der Waals surface area contributed by atoms with Crippen molar-refractivity contribution in [2.24, 2.45) is 4.99 Å². The van der Waals surface area contributed by atoms with Gasteiger partial charge in [-0.2, -0.15) is 0 Å². The summed E-state index contributed by atoms with van der Waals surface area (Å²) in [6.45, 7) is 0. The largest absolute Gasteiger partial charge is 0.256 e. The lowest BCUT2D eigenvalue weighted by Gasteiger charge is -1.96. The Morgan fingerprint density at radius 1 is 0.941 bits per heavy atom. The van der Waals surface area contributed by atoms with Crippen molar-refractivity contribution in [3.05, 3.63) is 57.3 Å². The number of hydrogen-bond donors (Lipinski definition) is 0. The molecule has 0 spiro atoms. The summed E-state index contributed by atoms with van der Waals surface area (Å²) in [7, 11) is 0. The number of hydrogen-bond acceptors (Lipinski definition) is 2. The Kier molecular flexibility index (Phi) is 4.00. The molecule has 0 amide bonds. The van der Waals surface area contributed by atoms with Crippen LogP contribution in [-0.2, 0) is 0 Å². The van der Waals surface area contributed by atoms with Crippen molar-refractivity contribution in [1.82, 2.24) is 4.98 Å². The first-order valence-electron chi connectivity index (χ1n) is 4.76. The van der Waals surface area contributed by atoms with Crippen LogP contribution >= 0.6 is 34.8 Å². The zero-order valence-electron chi connectivity index (χ0n) is 8.57. The molecule has 0 bridgehead atoms. The molecule has 0 saturated heterocycles. The lowest BCUT2D eigenvalue weighted by atomic mass is 10.3. The van der Waals surface area contributed by atoms with Crippen molar-refractivity contribution < 1.29 is 0 Å². The molecular weight excluding hydrogens is 279 g/mol. The highest BCUT2D eigenvalue weighted by molar-refractivity contribution is 6.32. The van der Waals surface area contributed by atoms with Gasteiger partial charge in [-0.05, 0) is 42.0 Å². The van der Waals surface area contributed by atoms with E-state index in [9.17, 15) is 0 Å². The Balaban J connectivity index is 2.22. The molecule has 0 atom stereocenters. The third-order valence-corrected chi connectivity index (χ3v) is 2.61. The van der Waals surface area contributed by atoms with Crippen LogP contribution in [0, 0.1) is 0 Å². The Morgan fingerprint density at radius 3 is 2.12 bits per heavy atom. The van der Waals surface area contributed by atoms with E-state index >= 15 is 0 Å². The smallest absolute Gasteiger partial charge is 0.131 e. The van der Waals surface area contributed by atoms with Crippen LogP contribution in [0.5, 0.6) is 0 Å². The summed E-state index contributed by atoms with van der Waals surface area (Å²) < 4.78 is 0. The maximum Gasteiger partial charge on any atom is 0.131 e. The van der Waals surface area contributed by atoms with E-state index in [1.807, 2.05) is 12.1 Å². The molecule has 0 aliphatic rings. The molecule has 2 nitrogen and oxygen atoms in total. The molecule has 17 heavy (non-hydrogen) atoms. The molecule has 86 valence electrons. The summed E-state index contributed by atoms with van der Waals surface area (Å²) in [5.41, 5.74) is 1.60. The van der Waals surface area contributed by atoms with Crippen LogP contribution in [0.3, 0.4) is 0 Å². The minimum absolute atomic E-state index is 0.343. The average molecular weight is 286 g/mol. The van der Waals surface area contributed by atoms with Gasteiger partial charge in [-0.15, -0.1) is 0 Å². The van der Waals surface area contributed by atoms with Gasteiger partial charge in [0.05, 0.1) is 5.69 Å². The Hall–Kier alpha value is -1.09. The topological polar surface area (TPSA) is 25.2 Å². The Labute approximate surface area is 114 Å². The molecule has 1 aromatic carbocycles. The summed E-state index contributed by atoms with van der Waals surface area (Å²) in [6, 6.07) is 10.6. The summed E-state index contributed by atoms with van der Waals surface area (Å²) >= 11 is 17.3.